The average Bonchev–Trinajstić information content (AvgIpc) is 3.41. The number of esters is 1. The van der Waals surface area contributed by atoms with Gasteiger partial charge in [-0.05, 0) is 68.1 Å². The summed E-state index contributed by atoms with van der Waals surface area (Å²) in [5.41, 5.74) is 3.36. The molecule has 2 N–H and O–H groups in total. The van der Waals surface area contributed by atoms with Gasteiger partial charge < -0.3 is 19.8 Å². The highest BCUT2D eigenvalue weighted by atomic mass is 16.6. The first-order valence-electron chi connectivity index (χ1n) is 11.2. The predicted octanol–water partition coefficient (Wildman–Crippen LogP) is 2.93. The lowest BCUT2D eigenvalue weighted by atomic mass is 9.75. The van der Waals surface area contributed by atoms with E-state index >= 15 is 0 Å². The van der Waals surface area contributed by atoms with Crippen LogP contribution in [0.25, 0.3) is 10.9 Å². The van der Waals surface area contributed by atoms with Crippen molar-refractivity contribution in [3.8, 4) is 5.75 Å². The van der Waals surface area contributed by atoms with Gasteiger partial charge >= 0.3 is 5.97 Å². The maximum absolute atomic E-state index is 12.2. The molecule has 4 aliphatic rings. The molecule has 0 radical (unpaired) electrons. The molecule has 158 valence electrons. The summed E-state index contributed by atoms with van der Waals surface area (Å²) in [5.74, 6) is 0.754. The molecule has 30 heavy (non-hydrogen) atoms. The van der Waals surface area contributed by atoms with Crippen molar-refractivity contribution >= 4 is 16.9 Å². The molecule has 3 aliphatic heterocycles. The van der Waals surface area contributed by atoms with Crippen LogP contribution in [-0.4, -0.2) is 59.8 Å². The van der Waals surface area contributed by atoms with Crippen LogP contribution in [0.5, 0.6) is 5.75 Å². The van der Waals surface area contributed by atoms with Crippen LogP contribution < -0.4 is 10.1 Å². The monoisotopic (exact) mass is 407 g/mol. The first-order valence-corrected chi connectivity index (χ1v) is 11.2. The van der Waals surface area contributed by atoms with Gasteiger partial charge in [-0.15, -0.1) is 0 Å². The van der Waals surface area contributed by atoms with Gasteiger partial charge in [0.25, 0.3) is 0 Å². The zero-order valence-corrected chi connectivity index (χ0v) is 17.4. The summed E-state index contributed by atoms with van der Waals surface area (Å²) in [7, 11) is 1.71. The molecule has 2 bridgehead atoms. The van der Waals surface area contributed by atoms with Gasteiger partial charge in [0.2, 0.25) is 0 Å². The maximum atomic E-state index is 12.2. The lowest BCUT2D eigenvalue weighted by Crippen LogP contribution is -2.50. The molecule has 6 rings (SSSR count). The number of hydrogen-bond acceptors (Lipinski definition) is 5. The zero-order chi connectivity index (χ0) is 20.3. The molecule has 4 atom stereocenters. The van der Waals surface area contributed by atoms with Crippen LogP contribution in [0.1, 0.15) is 37.7 Å². The van der Waals surface area contributed by atoms with E-state index in [1.807, 2.05) is 6.07 Å². The van der Waals surface area contributed by atoms with Gasteiger partial charge in [-0.25, -0.2) is 4.79 Å². The van der Waals surface area contributed by atoms with E-state index in [0.29, 0.717) is 18.1 Å². The highest BCUT2D eigenvalue weighted by Gasteiger charge is 2.63. The SMILES string of the molecule is COc1ccc2[nH]cc(CCN[C@@H]3CC4=CC(=O)OC45CC3N3CCCC[C@@H]35)c2c1. The molecule has 6 nitrogen and oxygen atoms in total. The predicted molar refractivity (Wildman–Crippen MR) is 115 cm³/mol. The summed E-state index contributed by atoms with van der Waals surface area (Å²) < 4.78 is 11.4. The van der Waals surface area contributed by atoms with E-state index in [9.17, 15) is 4.79 Å². The quantitative estimate of drug-likeness (QED) is 0.746. The molecule has 3 fully saturated rings. The molecule has 1 aromatic carbocycles. The van der Waals surface area contributed by atoms with Crippen molar-refractivity contribution in [3.05, 3.63) is 41.6 Å². The number of carbonyl (C=O) groups is 1. The number of ether oxygens (including phenoxy) is 2. The van der Waals surface area contributed by atoms with Crippen LogP contribution in [-0.2, 0) is 16.0 Å². The number of H-pyrrole nitrogens is 1. The fraction of sp³-hybridized carbons (Fsp3) is 0.542. The van der Waals surface area contributed by atoms with Gasteiger partial charge in [0.05, 0.1) is 13.2 Å². The Balaban J connectivity index is 1.20. The topological polar surface area (TPSA) is 66.6 Å². The third-order valence-electron chi connectivity index (χ3n) is 7.82. The summed E-state index contributed by atoms with van der Waals surface area (Å²) in [6, 6.07) is 7.38. The minimum absolute atomic E-state index is 0.135. The Kier molecular flexibility index (Phi) is 4.22. The molecule has 0 amide bonds. The van der Waals surface area contributed by atoms with Gasteiger partial charge in [0.15, 0.2) is 5.60 Å². The molecule has 1 saturated carbocycles. The van der Waals surface area contributed by atoms with E-state index in [1.54, 1.807) is 13.2 Å². The van der Waals surface area contributed by atoms with Gasteiger partial charge in [-0.3, -0.25) is 4.90 Å². The Labute approximate surface area is 176 Å². The summed E-state index contributed by atoms with van der Waals surface area (Å²) in [4.78, 5) is 18.2. The molecule has 4 heterocycles. The molecule has 1 aliphatic carbocycles. The number of carbonyl (C=O) groups excluding carboxylic acids is 1. The highest BCUT2D eigenvalue weighted by Crippen LogP contribution is 2.53. The maximum Gasteiger partial charge on any atom is 0.331 e. The van der Waals surface area contributed by atoms with Crippen molar-refractivity contribution in [2.24, 2.45) is 0 Å². The van der Waals surface area contributed by atoms with Gasteiger partial charge in [-0.1, -0.05) is 6.42 Å². The standard InChI is InChI=1S/C24H29N3O3/c1-29-17-5-6-19-18(12-17)15(14-26-19)7-8-25-20-10-16-11-23(28)30-24(16)13-21(20)27-9-3-2-4-22(24)27/h5-6,11-12,14,20-22,25-26H,2-4,7-10,13H2,1H3/t20-,21?,22-,24?/m1/s1. The number of benzene rings is 1. The third-order valence-corrected chi connectivity index (χ3v) is 7.82. The minimum atomic E-state index is -0.326. The summed E-state index contributed by atoms with van der Waals surface area (Å²) in [6.07, 6.45) is 10.4. The molecule has 6 heteroatoms. The molecule has 2 unspecified atom stereocenters. The van der Waals surface area contributed by atoms with E-state index in [2.05, 4.69) is 33.5 Å². The van der Waals surface area contributed by atoms with Crippen LogP contribution in [0.4, 0.5) is 0 Å². The van der Waals surface area contributed by atoms with E-state index in [-0.39, 0.29) is 11.6 Å². The van der Waals surface area contributed by atoms with E-state index in [1.165, 1.54) is 29.4 Å². The number of aromatic amines is 1. The average molecular weight is 408 g/mol. The van der Waals surface area contributed by atoms with Crippen LogP contribution >= 0.6 is 0 Å². The van der Waals surface area contributed by atoms with Crippen molar-refractivity contribution < 1.29 is 14.3 Å². The largest absolute Gasteiger partial charge is 0.497 e. The summed E-state index contributed by atoms with van der Waals surface area (Å²) in [5, 5.41) is 5.07. The second kappa shape index (κ2) is 6.86. The Hall–Kier alpha value is -2.31. The fourth-order valence-electron chi connectivity index (χ4n) is 6.48. The van der Waals surface area contributed by atoms with Crippen LogP contribution in [0.2, 0.25) is 0 Å². The Morgan fingerprint density at radius 3 is 3.20 bits per heavy atom. The van der Waals surface area contributed by atoms with Crippen LogP contribution in [0, 0.1) is 0 Å². The third kappa shape index (κ3) is 2.66. The van der Waals surface area contributed by atoms with Gasteiger partial charge in [0.1, 0.15) is 5.75 Å². The first kappa shape index (κ1) is 18.5. The van der Waals surface area contributed by atoms with Crippen molar-refractivity contribution in [3.63, 3.8) is 0 Å². The highest BCUT2D eigenvalue weighted by molar-refractivity contribution is 5.87. The number of piperidine rings is 1. The molecule has 1 spiro atoms. The Morgan fingerprint density at radius 2 is 2.30 bits per heavy atom. The lowest BCUT2D eigenvalue weighted by Gasteiger charge is -2.38. The normalized spacial score (nSPS) is 32.6. The van der Waals surface area contributed by atoms with Crippen LogP contribution in [0.3, 0.4) is 0 Å². The van der Waals surface area contributed by atoms with E-state index in [4.69, 9.17) is 9.47 Å². The second-order valence-corrected chi connectivity index (χ2v) is 9.24. The minimum Gasteiger partial charge on any atom is -0.497 e. The second-order valence-electron chi connectivity index (χ2n) is 9.24. The number of aromatic nitrogens is 1. The van der Waals surface area contributed by atoms with Gasteiger partial charge in [-0.2, -0.15) is 0 Å². The first-order chi connectivity index (χ1) is 14.7. The smallest absolute Gasteiger partial charge is 0.331 e. The number of rotatable bonds is 5. The van der Waals surface area contributed by atoms with Crippen molar-refractivity contribution in [2.45, 2.75) is 62.3 Å². The summed E-state index contributed by atoms with van der Waals surface area (Å²) >= 11 is 0. The van der Waals surface area contributed by atoms with E-state index < -0.39 is 0 Å². The van der Waals surface area contributed by atoms with Gasteiger partial charge in [0, 0.05) is 41.7 Å². The number of nitrogens with one attached hydrogen (secondary N) is 2. The number of fused-ring (bicyclic) bond motifs is 4. The number of nitrogens with zero attached hydrogens (tertiary/aromatic N) is 1. The molecular formula is C24H29N3O3. The Morgan fingerprint density at radius 1 is 1.37 bits per heavy atom. The lowest BCUT2D eigenvalue weighted by molar-refractivity contribution is -0.148. The molecule has 1 aromatic heterocycles. The van der Waals surface area contributed by atoms with Crippen LogP contribution in [0.15, 0.2) is 36.0 Å². The zero-order valence-electron chi connectivity index (χ0n) is 17.4. The number of methoxy groups -OCH3 is 1. The summed E-state index contributed by atoms with van der Waals surface area (Å²) in [6.45, 7) is 2.04. The van der Waals surface area contributed by atoms with Crippen molar-refractivity contribution in [2.75, 3.05) is 20.2 Å². The molecular weight excluding hydrogens is 378 g/mol. The fourth-order valence-corrected chi connectivity index (χ4v) is 6.48. The number of hydrogen-bond donors (Lipinski definition) is 2. The van der Waals surface area contributed by atoms with Crippen molar-refractivity contribution in [1.29, 1.82) is 0 Å². The van der Waals surface area contributed by atoms with E-state index in [0.717, 1.165) is 50.0 Å². The van der Waals surface area contributed by atoms with Crippen molar-refractivity contribution in [1.82, 2.24) is 15.2 Å². The molecule has 2 aromatic rings. The molecule has 2 saturated heterocycles. The Bertz CT molecular complexity index is 1030.